The van der Waals surface area contributed by atoms with E-state index in [1.54, 1.807) is 51.9 Å². The SMILES string of the molecule is CC(c1nc2ccccc2s1)N(C)C(=O)CNc1ccc(S(=O)(=O)N2CCCCCC2)cc1. The first kappa shape index (κ1) is 23.7. The number of para-hydroxylation sites is 1. The lowest BCUT2D eigenvalue weighted by atomic mass is 10.2. The Morgan fingerprint density at radius 2 is 1.76 bits per heavy atom. The predicted molar refractivity (Wildman–Crippen MR) is 133 cm³/mol. The Labute approximate surface area is 199 Å². The Kier molecular flexibility index (Phi) is 7.31. The second-order valence-corrected chi connectivity index (χ2v) is 11.4. The van der Waals surface area contributed by atoms with Crippen LogP contribution in [-0.2, 0) is 14.8 Å². The molecule has 1 unspecified atom stereocenters. The number of nitrogens with one attached hydrogen (secondary N) is 1. The molecule has 0 radical (unpaired) electrons. The molecule has 1 amide bonds. The monoisotopic (exact) mass is 486 g/mol. The molecule has 9 heteroatoms. The Morgan fingerprint density at radius 1 is 1.09 bits per heavy atom. The number of benzene rings is 2. The number of carbonyl (C=O) groups excluding carboxylic acids is 1. The highest BCUT2D eigenvalue weighted by molar-refractivity contribution is 7.89. The zero-order chi connectivity index (χ0) is 23.4. The molecule has 0 saturated carbocycles. The number of nitrogens with zero attached hydrogens (tertiary/aromatic N) is 3. The van der Waals surface area contributed by atoms with E-state index >= 15 is 0 Å². The fourth-order valence-corrected chi connectivity index (χ4v) is 6.51. The summed E-state index contributed by atoms with van der Waals surface area (Å²) in [5.74, 6) is -0.0666. The average Bonchev–Trinajstić information content (AvgIpc) is 3.06. The molecule has 4 rings (SSSR count). The van der Waals surface area contributed by atoms with Crippen molar-refractivity contribution in [2.45, 2.75) is 43.5 Å². The molecule has 2 heterocycles. The minimum Gasteiger partial charge on any atom is -0.376 e. The fourth-order valence-electron chi connectivity index (χ4n) is 3.93. The van der Waals surface area contributed by atoms with Crippen molar-refractivity contribution >= 4 is 43.2 Å². The van der Waals surface area contributed by atoms with Gasteiger partial charge in [0.05, 0.1) is 27.7 Å². The first-order valence-electron chi connectivity index (χ1n) is 11.3. The number of sulfonamides is 1. The fraction of sp³-hybridized carbons (Fsp3) is 0.417. The van der Waals surface area contributed by atoms with Gasteiger partial charge in [-0.2, -0.15) is 4.31 Å². The van der Waals surface area contributed by atoms with Gasteiger partial charge in [0.15, 0.2) is 0 Å². The van der Waals surface area contributed by atoms with Crippen LogP contribution in [0.15, 0.2) is 53.4 Å². The number of aromatic nitrogens is 1. The standard InChI is InChI=1S/C24H30N4O3S2/c1-18(24-26-21-9-5-6-10-22(21)32-24)27(2)23(29)17-25-19-11-13-20(14-12-19)33(30,31)28-15-7-3-4-8-16-28/h5-6,9-14,18,25H,3-4,7-8,15-17H2,1-2H3. The Morgan fingerprint density at radius 3 is 2.42 bits per heavy atom. The summed E-state index contributed by atoms with van der Waals surface area (Å²) in [5, 5.41) is 4.01. The van der Waals surface area contributed by atoms with Crippen molar-refractivity contribution in [2.75, 3.05) is 32.0 Å². The predicted octanol–water partition coefficient (Wildman–Crippen LogP) is 4.49. The minimum atomic E-state index is -3.48. The van der Waals surface area contributed by atoms with E-state index in [0.717, 1.165) is 40.9 Å². The maximum atomic E-state index is 12.9. The number of amides is 1. The van der Waals surface area contributed by atoms with Gasteiger partial charge in [0.25, 0.3) is 0 Å². The third-order valence-electron chi connectivity index (χ3n) is 6.14. The van der Waals surface area contributed by atoms with Crippen molar-refractivity contribution in [1.82, 2.24) is 14.2 Å². The molecule has 7 nitrogen and oxygen atoms in total. The number of likely N-dealkylation sites (N-methyl/N-ethyl adjacent to an activating group) is 1. The van der Waals surface area contributed by atoms with Gasteiger partial charge >= 0.3 is 0 Å². The molecule has 1 aromatic heterocycles. The quantitative estimate of drug-likeness (QED) is 0.532. The summed E-state index contributed by atoms with van der Waals surface area (Å²) in [6.45, 7) is 3.24. The Hall–Kier alpha value is -2.49. The van der Waals surface area contributed by atoms with Crippen molar-refractivity contribution in [3.63, 3.8) is 0 Å². The third kappa shape index (κ3) is 5.37. The lowest BCUT2D eigenvalue weighted by molar-refractivity contribution is -0.129. The molecule has 33 heavy (non-hydrogen) atoms. The smallest absolute Gasteiger partial charge is 0.243 e. The number of hydrogen-bond acceptors (Lipinski definition) is 6. The number of fused-ring (bicyclic) bond motifs is 1. The lowest BCUT2D eigenvalue weighted by Crippen LogP contribution is -2.34. The molecule has 1 aliphatic heterocycles. The van der Waals surface area contributed by atoms with Crippen LogP contribution in [0.25, 0.3) is 10.2 Å². The zero-order valence-corrected chi connectivity index (χ0v) is 20.7. The summed E-state index contributed by atoms with van der Waals surface area (Å²) in [4.78, 5) is 19.4. The van der Waals surface area contributed by atoms with Gasteiger partial charge in [0, 0.05) is 25.8 Å². The molecular formula is C24H30N4O3S2. The highest BCUT2D eigenvalue weighted by atomic mass is 32.2. The van der Waals surface area contributed by atoms with Crippen LogP contribution in [0.3, 0.4) is 0 Å². The van der Waals surface area contributed by atoms with Crippen LogP contribution in [0.5, 0.6) is 0 Å². The molecule has 0 spiro atoms. The molecule has 1 N–H and O–H groups in total. The lowest BCUT2D eigenvalue weighted by Gasteiger charge is -2.23. The molecular weight excluding hydrogens is 456 g/mol. The van der Waals surface area contributed by atoms with Gasteiger partial charge in [-0.25, -0.2) is 13.4 Å². The summed E-state index contributed by atoms with van der Waals surface area (Å²) in [6, 6.07) is 14.5. The molecule has 3 aromatic rings. The van der Waals surface area contributed by atoms with E-state index in [1.165, 1.54) is 0 Å². The van der Waals surface area contributed by atoms with E-state index < -0.39 is 10.0 Å². The Bertz CT molecular complexity index is 1170. The van der Waals surface area contributed by atoms with E-state index in [0.29, 0.717) is 23.7 Å². The van der Waals surface area contributed by atoms with E-state index in [4.69, 9.17) is 0 Å². The molecule has 2 aromatic carbocycles. The van der Waals surface area contributed by atoms with E-state index in [1.807, 2.05) is 31.2 Å². The third-order valence-corrected chi connectivity index (χ3v) is 9.26. The summed E-state index contributed by atoms with van der Waals surface area (Å²) in [5.41, 5.74) is 1.65. The zero-order valence-electron chi connectivity index (χ0n) is 19.0. The number of carbonyl (C=O) groups is 1. The van der Waals surface area contributed by atoms with Crippen LogP contribution in [0, 0.1) is 0 Å². The van der Waals surface area contributed by atoms with Crippen LogP contribution >= 0.6 is 11.3 Å². The van der Waals surface area contributed by atoms with Gasteiger partial charge in [-0.1, -0.05) is 25.0 Å². The maximum Gasteiger partial charge on any atom is 0.243 e. The molecule has 176 valence electrons. The van der Waals surface area contributed by atoms with E-state index in [-0.39, 0.29) is 18.5 Å². The van der Waals surface area contributed by atoms with Crippen molar-refractivity contribution in [3.8, 4) is 0 Å². The summed E-state index contributed by atoms with van der Waals surface area (Å²) in [6.07, 6.45) is 3.97. The highest BCUT2D eigenvalue weighted by Crippen LogP contribution is 2.29. The maximum absolute atomic E-state index is 12.9. The van der Waals surface area contributed by atoms with Crippen LogP contribution in [-0.4, -0.2) is 55.2 Å². The second kappa shape index (κ2) is 10.2. The van der Waals surface area contributed by atoms with Crippen molar-refractivity contribution < 1.29 is 13.2 Å². The van der Waals surface area contributed by atoms with E-state index in [2.05, 4.69) is 10.3 Å². The van der Waals surface area contributed by atoms with Crippen LogP contribution < -0.4 is 5.32 Å². The molecule has 1 saturated heterocycles. The topological polar surface area (TPSA) is 82.6 Å². The first-order valence-corrected chi connectivity index (χ1v) is 13.6. The van der Waals surface area contributed by atoms with Crippen molar-refractivity contribution in [1.29, 1.82) is 0 Å². The number of thiazole rings is 1. The van der Waals surface area contributed by atoms with Gasteiger partial charge in [0.1, 0.15) is 5.01 Å². The van der Waals surface area contributed by atoms with Crippen LogP contribution in [0.1, 0.15) is 43.7 Å². The molecule has 0 bridgehead atoms. The molecule has 0 aliphatic carbocycles. The average molecular weight is 487 g/mol. The normalized spacial score (nSPS) is 16.3. The number of rotatable bonds is 7. The van der Waals surface area contributed by atoms with Gasteiger partial charge in [-0.05, 0) is 56.2 Å². The van der Waals surface area contributed by atoms with Gasteiger partial charge < -0.3 is 10.2 Å². The highest BCUT2D eigenvalue weighted by Gasteiger charge is 2.25. The van der Waals surface area contributed by atoms with Gasteiger partial charge in [-0.15, -0.1) is 11.3 Å². The molecule has 1 atom stereocenters. The van der Waals surface area contributed by atoms with Crippen molar-refractivity contribution in [2.24, 2.45) is 0 Å². The summed E-state index contributed by atoms with van der Waals surface area (Å²) in [7, 11) is -1.70. The van der Waals surface area contributed by atoms with Crippen LogP contribution in [0.2, 0.25) is 0 Å². The summed E-state index contributed by atoms with van der Waals surface area (Å²) >= 11 is 1.60. The Balaban J connectivity index is 1.35. The number of hydrogen-bond donors (Lipinski definition) is 1. The first-order chi connectivity index (χ1) is 15.9. The number of anilines is 1. The largest absolute Gasteiger partial charge is 0.376 e. The van der Waals surface area contributed by atoms with Crippen molar-refractivity contribution in [3.05, 3.63) is 53.5 Å². The molecule has 1 fully saturated rings. The second-order valence-electron chi connectivity index (χ2n) is 8.40. The minimum absolute atomic E-state index is 0.0666. The van der Waals surface area contributed by atoms with Gasteiger partial charge in [0.2, 0.25) is 15.9 Å². The molecule has 1 aliphatic rings. The van der Waals surface area contributed by atoms with Gasteiger partial charge in [-0.3, -0.25) is 4.79 Å². The van der Waals surface area contributed by atoms with Crippen LogP contribution in [0.4, 0.5) is 5.69 Å². The summed E-state index contributed by atoms with van der Waals surface area (Å²) < 4.78 is 28.5. The van der Waals surface area contributed by atoms with E-state index in [9.17, 15) is 13.2 Å².